The van der Waals surface area contributed by atoms with Gasteiger partial charge >= 0.3 is 5.97 Å². The van der Waals surface area contributed by atoms with E-state index in [-0.39, 0.29) is 11.1 Å². The quantitative estimate of drug-likeness (QED) is 0.656. The van der Waals surface area contributed by atoms with Gasteiger partial charge in [-0.2, -0.15) is 0 Å². The van der Waals surface area contributed by atoms with Crippen LogP contribution in [0.15, 0.2) is 24.3 Å². The molecule has 7 nitrogen and oxygen atoms in total. The molecule has 1 unspecified atom stereocenters. The van der Waals surface area contributed by atoms with E-state index in [0.29, 0.717) is 5.06 Å². The molecule has 0 saturated heterocycles. The van der Waals surface area contributed by atoms with Gasteiger partial charge in [0.2, 0.25) is 6.10 Å². The third-order valence-electron chi connectivity index (χ3n) is 2.82. The van der Waals surface area contributed by atoms with Crippen molar-refractivity contribution in [3.63, 3.8) is 0 Å². The van der Waals surface area contributed by atoms with E-state index >= 15 is 0 Å². The van der Waals surface area contributed by atoms with Crippen molar-refractivity contribution in [3.05, 3.63) is 35.4 Å². The minimum atomic E-state index is -1.46. The van der Waals surface area contributed by atoms with Gasteiger partial charge in [-0.15, -0.1) is 5.06 Å². The van der Waals surface area contributed by atoms with Gasteiger partial charge in [-0.05, 0) is 32.9 Å². The number of carbonyl (C=O) groups is 3. The molecule has 1 N–H and O–H groups in total. The molecule has 0 saturated carbocycles. The maximum Gasteiger partial charge on any atom is 0.341 e. The number of rotatable bonds is 4. The van der Waals surface area contributed by atoms with Crippen LogP contribution in [0.3, 0.4) is 0 Å². The van der Waals surface area contributed by atoms with E-state index in [4.69, 9.17) is 9.57 Å². The molecule has 0 fully saturated rings. The second-order valence-electron chi connectivity index (χ2n) is 5.76. The summed E-state index contributed by atoms with van der Waals surface area (Å²) in [6, 6.07) is 6.20. The molecule has 1 aliphatic heterocycles. The van der Waals surface area contributed by atoms with Crippen LogP contribution in [-0.2, 0) is 14.4 Å². The van der Waals surface area contributed by atoms with Crippen molar-refractivity contribution in [2.75, 3.05) is 6.61 Å². The van der Waals surface area contributed by atoms with Crippen molar-refractivity contribution < 1.29 is 29.1 Å². The van der Waals surface area contributed by atoms with Crippen LogP contribution in [0.4, 0.5) is 0 Å². The highest BCUT2D eigenvalue weighted by molar-refractivity contribution is 6.20. The molecule has 1 heterocycles. The number of benzene rings is 1. The highest BCUT2D eigenvalue weighted by Crippen LogP contribution is 2.23. The lowest BCUT2D eigenvalue weighted by Gasteiger charge is -2.24. The number of ether oxygens (including phenoxy) is 1. The van der Waals surface area contributed by atoms with Gasteiger partial charge in [0.1, 0.15) is 5.60 Å². The molecule has 0 radical (unpaired) electrons. The molecule has 22 heavy (non-hydrogen) atoms. The number of hydrogen-bond acceptors (Lipinski definition) is 6. The number of aliphatic hydroxyl groups is 1. The van der Waals surface area contributed by atoms with E-state index in [2.05, 4.69) is 0 Å². The Hall–Kier alpha value is -2.25. The van der Waals surface area contributed by atoms with Gasteiger partial charge in [0.15, 0.2) is 0 Å². The van der Waals surface area contributed by atoms with E-state index < -0.39 is 36.1 Å². The van der Waals surface area contributed by atoms with E-state index in [1.54, 1.807) is 32.9 Å². The summed E-state index contributed by atoms with van der Waals surface area (Å²) in [4.78, 5) is 41.2. The molecule has 1 aliphatic rings. The molecule has 2 amide bonds. The Bertz CT molecular complexity index is 584. The second-order valence-corrected chi connectivity index (χ2v) is 5.76. The van der Waals surface area contributed by atoms with Crippen LogP contribution in [0, 0.1) is 0 Å². The van der Waals surface area contributed by atoms with Crippen LogP contribution in [0.5, 0.6) is 0 Å². The molecule has 118 valence electrons. The first kappa shape index (κ1) is 16.1. The minimum Gasteiger partial charge on any atom is -0.458 e. The molecule has 1 aromatic carbocycles. The Kier molecular flexibility index (Phi) is 4.30. The largest absolute Gasteiger partial charge is 0.458 e. The van der Waals surface area contributed by atoms with Gasteiger partial charge < -0.3 is 9.84 Å². The lowest BCUT2D eigenvalue weighted by molar-refractivity contribution is -0.194. The van der Waals surface area contributed by atoms with Crippen LogP contribution in [0.1, 0.15) is 41.5 Å². The second kappa shape index (κ2) is 5.86. The molecule has 0 aromatic heterocycles. The summed E-state index contributed by atoms with van der Waals surface area (Å²) in [6.07, 6.45) is -1.46. The zero-order chi connectivity index (χ0) is 16.5. The van der Waals surface area contributed by atoms with Crippen molar-refractivity contribution in [3.8, 4) is 0 Å². The summed E-state index contributed by atoms with van der Waals surface area (Å²) >= 11 is 0. The van der Waals surface area contributed by atoms with Gasteiger partial charge in [0.25, 0.3) is 11.8 Å². The van der Waals surface area contributed by atoms with Gasteiger partial charge in [-0.3, -0.25) is 9.59 Å². The first-order valence-electron chi connectivity index (χ1n) is 6.73. The predicted octanol–water partition coefficient (Wildman–Crippen LogP) is 0.917. The van der Waals surface area contributed by atoms with E-state index in [0.717, 1.165) is 0 Å². The number of hydrogen-bond donors (Lipinski definition) is 1. The SMILES string of the molecule is CC(C)(C)OC(=O)C(CO)ON1C(=O)c2ccccc2C1=O. The fourth-order valence-corrected chi connectivity index (χ4v) is 1.91. The lowest BCUT2D eigenvalue weighted by Crippen LogP contribution is -2.42. The van der Waals surface area contributed by atoms with Crippen molar-refractivity contribution in [2.45, 2.75) is 32.5 Å². The summed E-state index contributed by atoms with van der Waals surface area (Å²) in [5, 5.41) is 9.75. The predicted molar refractivity (Wildman–Crippen MR) is 74.7 cm³/mol. The molecule has 0 bridgehead atoms. The lowest BCUT2D eigenvalue weighted by atomic mass is 10.1. The number of aliphatic hydroxyl groups excluding tert-OH is 1. The third-order valence-corrected chi connectivity index (χ3v) is 2.82. The third kappa shape index (κ3) is 3.15. The Morgan fingerprint density at radius 2 is 1.68 bits per heavy atom. The fourth-order valence-electron chi connectivity index (χ4n) is 1.91. The van der Waals surface area contributed by atoms with Crippen molar-refractivity contribution in [2.24, 2.45) is 0 Å². The van der Waals surface area contributed by atoms with Gasteiger partial charge in [0, 0.05) is 0 Å². The average Bonchev–Trinajstić information content (AvgIpc) is 2.67. The van der Waals surface area contributed by atoms with Crippen molar-refractivity contribution in [1.82, 2.24) is 5.06 Å². The first-order chi connectivity index (χ1) is 10.2. The standard InChI is InChI=1S/C15H17NO6/c1-15(2,3)21-14(20)11(8-17)22-16-12(18)9-6-4-5-7-10(9)13(16)19/h4-7,11,17H,8H2,1-3H3. The van der Waals surface area contributed by atoms with Gasteiger partial charge in [0.05, 0.1) is 17.7 Å². The van der Waals surface area contributed by atoms with E-state index in [1.807, 2.05) is 0 Å². The monoisotopic (exact) mass is 307 g/mol. The molecular formula is C15H17NO6. The Morgan fingerprint density at radius 3 is 2.09 bits per heavy atom. The van der Waals surface area contributed by atoms with E-state index in [1.165, 1.54) is 12.1 Å². The maximum absolute atomic E-state index is 12.1. The highest BCUT2D eigenvalue weighted by Gasteiger charge is 2.40. The van der Waals surface area contributed by atoms with Crippen molar-refractivity contribution >= 4 is 17.8 Å². The number of fused-ring (bicyclic) bond motifs is 1. The highest BCUT2D eigenvalue weighted by atomic mass is 16.7. The molecule has 0 aliphatic carbocycles. The van der Waals surface area contributed by atoms with Crippen molar-refractivity contribution in [1.29, 1.82) is 0 Å². The van der Waals surface area contributed by atoms with Gasteiger partial charge in [-0.1, -0.05) is 12.1 Å². The summed E-state index contributed by atoms with van der Waals surface area (Å²) in [6.45, 7) is 4.24. The van der Waals surface area contributed by atoms with Crippen LogP contribution >= 0.6 is 0 Å². The maximum atomic E-state index is 12.1. The number of amides is 2. The number of carbonyl (C=O) groups excluding carboxylic acids is 3. The van der Waals surface area contributed by atoms with Gasteiger partial charge in [-0.25, -0.2) is 9.63 Å². The molecule has 1 atom stereocenters. The Morgan fingerprint density at radius 1 is 1.18 bits per heavy atom. The first-order valence-corrected chi connectivity index (χ1v) is 6.73. The number of hydroxylamine groups is 2. The normalized spacial score (nSPS) is 15.7. The number of esters is 1. The summed E-state index contributed by atoms with van der Waals surface area (Å²) in [5.41, 5.74) is -0.405. The van der Waals surface area contributed by atoms with Crippen LogP contribution in [0.25, 0.3) is 0 Å². The zero-order valence-electron chi connectivity index (χ0n) is 12.5. The van der Waals surface area contributed by atoms with Crippen LogP contribution in [-0.4, -0.2) is 46.3 Å². The number of nitrogens with zero attached hydrogens (tertiary/aromatic N) is 1. The Balaban J connectivity index is 2.15. The molecule has 2 rings (SSSR count). The Labute approximate surface area is 127 Å². The zero-order valence-corrected chi connectivity index (χ0v) is 12.5. The summed E-state index contributed by atoms with van der Waals surface area (Å²) < 4.78 is 5.08. The topological polar surface area (TPSA) is 93.1 Å². The minimum absolute atomic E-state index is 0.188. The van der Waals surface area contributed by atoms with E-state index in [9.17, 15) is 19.5 Å². The molecule has 1 aromatic rings. The molecule has 7 heteroatoms. The molecule has 0 spiro atoms. The molecular weight excluding hydrogens is 290 g/mol. The summed E-state index contributed by atoms with van der Waals surface area (Å²) in [5.74, 6) is -2.21. The fraction of sp³-hybridized carbons (Fsp3) is 0.400. The summed E-state index contributed by atoms with van der Waals surface area (Å²) in [7, 11) is 0. The number of imide groups is 1. The average molecular weight is 307 g/mol. The van der Waals surface area contributed by atoms with Crippen LogP contribution in [0.2, 0.25) is 0 Å². The smallest absolute Gasteiger partial charge is 0.341 e. The van der Waals surface area contributed by atoms with Crippen LogP contribution < -0.4 is 0 Å².